The smallest absolute Gasteiger partial charge is 0.269 e. The first kappa shape index (κ1) is 22.0. The van der Waals surface area contributed by atoms with Gasteiger partial charge in [0.25, 0.3) is 5.69 Å². The highest BCUT2D eigenvalue weighted by atomic mass is 16.6. The Kier molecular flexibility index (Phi) is 6.07. The molecule has 2 heterocycles. The zero-order valence-electron chi connectivity index (χ0n) is 18.0. The molecule has 2 aromatic carbocycles. The van der Waals surface area contributed by atoms with E-state index in [0.29, 0.717) is 18.0 Å². The lowest BCUT2D eigenvalue weighted by Crippen LogP contribution is -2.52. The fraction of sp³-hybridized carbons (Fsp3) is 0.261. The van der Waals surface area contributed by atoms with Crippen LogP contribution in [0.15, 0.2) is 54.9 Å². The van der Waals surface area contributed by atoms with Crippen molar-refractivity contribution in [2.45, 2.75) is 32.0 Å². The Hall–Kier alpha value is -4.21. The first-order chi connectivity index (χ1) is 15.9. The molecule has 0 spiro atoms. The van der Waals surface area contributed by atoms with Gasteiger partial charge in [0.2, 0.25) is 11.8 Å². The number of methoxy groups -OCH3 is 1. The highest BCUT2D eigenvalue weighted by Crippen LogP contribution is 2.25. The van der Waals surface area contributed by atoms with Gasteiger partial charge in [0.05, 0.1) is 42.7 Å². The molecule has 0 saturated carbocycles. The van der Waals surface area contributed by atoms with Crippen LogP contribution in [0, 0.1) is 10.1 Å². The van der Waals surface area contributed by atoms with Crippen LogP contribution in [-0.4, -0.2) is 44.3 Å². The number of carbonyl (C=O) groups is 2. The second kappa shape index (κ2) is 9.11. The minimum absolute atomic E-state index is 0.0185. The van der Waals surface area contributed by atoms with Crippen molar-refractivity contribution in [2.75, 3.05) is 7.11 Å². The zero-order valence-corrected chi connectivity index (χ0v) is 18.0. The number of nitrogens with two attached hydrogens (primary N) is 1. The van der Waals surface area contributed by atoms with Crippen molar-refractivity contribution < 1.29 is 19.2 Å². The lowest BCUT2D eigenvalue weighted by molar-refractivity contribution is -0.384. The van der Waals surface area contributed by atoms with Crippen LogP contribution < -0.4 is 10.5 Å². The summed E-state index contributed by atoms with van der Waals surface area (Å²) in [4.78, 5) is 41.7. The second-order valence-corrected chi connectivity index (χ2v) is 7.86. The second-order valence-electron chi connectivity index (χ2n) is 7.86. The summed E-state index contributed by atoms with van der Waals surface area (Å²) in [5.41, 5.74) is 8.79. The van der Waals surface area contributed by atoms with E-state index >= 15 is 0 Å². The summed E-state index contributed by atoms with van der Waals surface area (Å²) < 4.78 is 7.11. The molecule has 1 unspecified atom stereocenters. The number of nitro groups is 1. The highest BCUT2D eigenvalue weighted by Gasteiger charge is 2.35. The van der Waals surface area contributed by atoms with Crippen LogP contribution in [0.5, 0.6) is 5.75 Å². The number of non-ortho nitro benzene ring substituents is 1. The van der Waals surface area contributed by atoms with Gasteiger partial charge < -0.3 is 19.9 Å². The molecular weight excluding hydrogens is 426 g/mol. The summed E-state index contributed by atoms with van der Waals surface area (Å²) in [6, 6.07) is 12.7. The molecule has 10 nitrogen and oxygen atoms in total. The van der Waals surface area contributed by atoms with Crippen LogP contribution in [0.25, 0.3) is 0 Å². The fourth-order valence-electron chi connectivity index (χ4n) is 4.00. The summed E-state index contributed by atoms with van der Waals surface area (Å²) in [7, 11) is 1.56. The molecule has 2 N–H and O–H groups in total. The van der Waals surface area contributed by atoms with E-state index in [1.165, 1.54) is 17.0 Å². The lowest BCUT2D eigenvalue weighted by atomic mass is 10.00. The van der Waals surface area contributed by atoms with Crippen molar-refractivity contribution in [1.29, 1.82) is 0 Å². The number of benzene rings is 2. The summed E-state index contributed by atoms with van der Waals surface area (Å²) >= 11 is 0. The van der Waals surface area contributed by atoms with Crippen molar-refractivity contribution in [1.82, 2.24) is 14.5 Å². The molecule has 1 atom stereocenters. The number of primary amides is 1. The van der Waals surface area contributed by atoms with Gasteiger partial charge in [-0.2, -0.15) is 0 Å². The molecule has 10 heteroatoms. The van der Waals surface area contributed by atoms with Crippen LogP contribution in [0.2, 0.25) is 0 Å². The number of imidazole rings is 1. The van der Waals surface area contributed by atoms with Gasteiger partial charge in [-0.25, -0.2) is 4.98 Å². The third-order valence-electron chi connectivity index (χ3n) is 5.75. The average molecular weight is 449 g/mol. The number of hydrogen-bond donors (Lipinski definition) is 1. The number of fused-ring (bicyclic) bond motifs is 1. The molecule has 33 heavy (non-hydrogen) atoms. The molecule has 0 radical (unpaired) electrons. The number of ether oxygens (including phenoxy) is 1. The monoisotopic (exact) mass is 449 g/mol. The number of nitrogens with zero attached hydrogens (tertiary/aromatic N) is 4. The molecule has 0 fully saturated rings. The van der Waals surface area contributed by atoms with Gasteiger partial charge in [-0.1, -0.05) is 24.3 Å². The van der Waals surface area contributed by atoms with Gasteiger partial charge >= 0.3 is 0 Å². The van der Waals surface area contributed by atoms with E-state index in [4.69, 9.17) is 10.5 Å². The molecule has 1 aromatic heterocycles. The Morgan fingerprint density at radius 1 is 1.21 bits per heavy atom. The number of nitro benzene ring substituents is 1. The largest absolute Gasteiger partial charge is 0.497 e. The SMILES string of the molecule is COc1cccc(CC(=O)N2Cc3c(ncn3Cc3ccc([N+](=O)[O-])cc3)CC2C(N)=O)c1. The van der Waals surface area contributed by atoms with E-state index < -0.39 is 16.9 Å². The van der Waals surface area contributed by atoms with Crippen LogP contribution in [0.1, 0.15) is 22.5 Å². The minimum atomic E-state index is -0.779. The molecule has 1 aliphatic heterocycles. The van der Waals surface area contributed by atoms with Crippen molar-refractivity contribution in [3.05, 3.63) is 87.5 Å². The van der Waals surface area contributed by atoms with Crippen molar-refractivity contribution >= 4 is 17.5 Å². The van der Waals surface area contributed by atoms with Crippen LogP contribution in [0.3, 0.4) is 0 Å². The lowest BCUT2D eigenvalue weighted by Gasteiger charge is -2.34. The summed E-state index contributed by atoms with van der Waals surface area (Å²) in [5, 5.41) is 10.9. The number of amides is 2. The first-order valence-electron chi connectivity index (χ1n) is 10.3. The summed E-state index contributed by atoms with van der Waals surface area (Å²) in [6.45, 7) is 0.623. The van der Waals surface area contributed by atoms with Crippen LogP contribution in [0.4, 0.5) is 5.69 Å². The maximum Gasteiger partial charge on any atom is 0.269 e. The third-order valence-corrected chi connectivity index (χ3v) is 5.75. The van der Waals surface area contributed by atoms with Crippen molar-refractivity contribution in [3.63, 3.8) is 0 Å². The molecule has 3 aromatic rings. The van der Waals surface area contributed by atoms with Gasteiger partial charge in [0, 0.05) is 25.1 Å². The van der Waals surface area contributed by atoms with E-state index in [2.05, 4.69) is 4.98 Å². The number of carbonyl (C=O) groups excluding carboxylic acids is 2. The van der Waals surface area contributed by atoms with Gasteiger partial charge in [-0.15, -0.1) is 0 Å². The molecule has 1 aliphatic rings. The van der Waals surface area contributed by atoms with Crippen molar-refractivity contribution in [2.24, 2.45) is 5.73 Å². The van der Waals surface area contributed by atoms with E-state index in [-0.39, 0.29) is 31.0 Å². The molecule has 0 saturated heterocycles. The Labute approximate surface area is 189 Å². The van der Waals surface area contributed by atoms with Gasteiger partial charge in [0.1, 0.15) is 11.8 Å². The Morgan fingerprint density at radius 2 is 1.97 bits per heavy atom. The average Bonchev–Trinajstić information content (AvgIpc) is 3.20. The van der Waals surface area contributed by atoms with Crippen molar-refractivity contribution in [3.8, 4) is 5.75 Å². The zero-order chi connectivity index (χ0) is 23.5. The maximum atomic E-state index is 13.2. The predicted molar refractivity (Wildman–Crippen MR) is 118 cm³/mol. The topological polar surface area (TPSA) is 134 Å². The fourth-order valence-corrected chi connectivity index (χ4v) is 4.00. The minimum Gasteiger partial charge on any atom is -0.497 e. The summed E-state index contributed by atoms with van der Waals surface area (Å²) in [5.74, 6) is -0.154. The molecule has 170 valence electrons. The first-order valence-corrected chi connectivity index (χ1v) is 10.3. The van der Waals surface area contributed by atoms with Crippen LogP contribution in [-0.2, 0) is 35.5 Å². The predicted octanol–water partition coefficient (Wildman–Crippen LogP) is 1.83. The Bertz CT molecular complexity index is 1200. The quantitative estimate of drug-likeness (QED) is 0.432. The van der Waals surface area contributed by atoms with E-state index in [0.717, 1.165) is 16.8 Å². The molecule has 0 bridgehead atoms. The maximum absolute atomic E-state index is 13.2. The molecule has 2 amide bonds. The Balaban J connectivity index is 1.56. The molecular formula is C23H23N5O5. The summed E-state index contributed by atoms with van der Waals surface area (Å²) in [6.07, 6.45) is 1.99. The number of rotatable bonds is 7. The van der Waals surface area contributed by atoms with E-state index in [9.17, 15) is 19.7 Å². The Morgan fingerprint density at radius 3 is 2.64 bits per heavy atom. The van der Waals surface area contributed by atoms with E-state index in [1.54, 1.807) is 43.8 Å². The van der Waals surface area contributed by atoms with E-state index in [1.807, 2.05) is 10.6 Å². The van der Waals surface area contributed by atoms with Gasteiger partial charge in [-0.3, -0.25) is 19.7 Å². The molecule has 0 aliphatic carbocycles. The standard InChI is InChI=1S/C23H23N5O5/c1-33-18-4-2-3-16(9-18)10-22(29)27-13-21-19(11-20(27)23(24)30)25-14-26(21)12-15-5-7-17(8-6-15)28(31)32/h2-9,14,20H,10-13H2,1H3,(H2,24,30). The third kappa shape index (κ3) is 4.69. The number of hydrogen-bond acceptors (Lipinski definition) is 6. The molecule has 4 rings (SSSR count). The van der Waals surface area contributed by atoms with Crippen LogP contribution >= 0.6 is 0 Å². The van der Waals surface area contributed by atoms with Gasteiger partial charge in [-0.05, 0) is 23.3 Å². The highest BCUT2D eigenvalue weighted by molar-refractivity contribution is 5.88. The normalized spacial score (nSPS) is 15.1. The number of aromatic nitrogens is 2. The van der Waals surface area contributed by atoms with Gasteiger partial charge in [0.15, 0.2) is 0 Å².